The van der Waals surface area contributed by atoms with Gasteiger partial charge >= 0.3 is 0 Å². The first kappa shape index (κ1) is 14.0. The standard InChI is InChI=1S/C14H21NOS/c1-5-11-6-7-13(16-4)12(8-11)9(2)10(3)14(15)17/h6-10H,5H2,1-4H3,(H2,15,17). The van der Waals surface area contributed by atoms with Gasteiger partial charge < -0.3 is 10.5 Å². The van der Waals surface area contributed by atoms with Gasteiger partial charge in [-0.2, -0.15) is 0 Å². The van der Waals surface area contributed by atoms with Crippen LogP contribution in [-0.2, 0) is 6.42 Å². The second kappa shape index (κ2) is 6.01. The van der Waals surface area contributed by atoms with E-state index in [1.807, 2.05) is 6.07 Å². The second-order valence-corrected chi connectivity index (χ2v) is 4.88. The first-order valence-corrected chi connectivity index (χ1v) is 6.38. The average Bonchev–Trinajstić information content (AvgIpc) is 2.35. The van der Waals surface area contributed by atoms with Crippen LogP contribution in [0.4, 0.5) is 0 Å². The van der Waals surface area contributed by atoms with Crippen LogP contribution >= 0.6 is 12.2 Å². The molecule has 0 radical (unpaired) electrons. The molecule has 0 saturated carbocycles. The maximum atomic E-state index is 5.73. The number of hydrogen-bond acceptors (Lipinski definition) is 2. The van der Waals surface area contributed by atoms with E-state index in [4.69, 9.17) is 22.7 Å². The fourth-order valence-electron chi connectivity index (χ4n) is 1.88. The second-order valence-electron chi connectivity index (χ2n) is 4.41. The van der Waals surface area contributed by atoms with Gasteiger partial charge in [-0.3, -0.25) is 0 Å². The molecule has 2 N–H and O–H groups in total. The number of thiocarbonyl (C=S) groups is 1. The third kappa shape index (κ3) is 3.19. The lowest BCUT2D eigenvalue weighted by Crippen LogP contribution is -2.23. The minimum Gasteiger partial charge on any atom is -0.496 e. The molecule has 0 saturated heterocycles. The van der Waals surface area contributed by atoms with Gasteiger partial charge in [-0.05, 0) is 29.5 Å². The minimum absolute atomic E-state index is 0.172. The number of ether oxygens (including phenoxy) is 1. The smallest absolute Gasteiger partial charge is 0.122 e. The molecule has 0 aliphatic rings. The maximum Gasteiger partial charge on any atom is 0.122 e. The van der Waals surface area contributed by atoms with Crippen LogP contribution in [0.25, 0.3) is 0 Å². The van der Waals surface area contributed by atoms with Crippen LogP contribution in [0.2, 0.25) is 0 Å². The lowest BCUT2D eigenvalue weighted by atomic mass is 9.87. The first-order chi connectivity index (χ1) is 8.01. The SMILES string of the molecule is CCc1ccc(OC)c(C(C)C(C)C(N)=S)c1. The van der Waals surface area contributed by atoms with Gasteiger partial charge in [0.1, 0.15) is 5.75 Å². The van der Waals surface area contributed by atoms with Crippen molar-refractivity contribution in [2.75, 3.05) is 7.11 Å². The van der Waals surface area contributed by atoms with Gasteiger partial charge in [0.25, 0.3) is 0 Å². The maximum absolute atomic E-state index is 5.73. The van der Waals surface area contributed by atoms with Gasteiger partial charge in [0.15, 0.2) is 0 Å². The van der Waals surface area contributed by atoms with Crippen LogP contribution in [0.15, 0.2) is 18.2 Å². The summed E-state index contributed by atoms with van der Waals surface area (Å²) in [5, 5.41) is 0. The third-order valence-electron chi connectivity index (χ3n) is 3.39. The molecule has 0 aliphatic carbocycles. The highest BCUT2D eigenvalue weighted by Gasteiger charge is 2.20. The quantitative estimate of drug-likeness (QED) is 0.816. The minimum atomic E-state index is 0.172. The Morgan fingerprint density at radius 1 is 1.41 bits per heavy atom. The Hall–Kier alpha value is -1.09. The van der Waals surface area contributed by atoms with E-state index in [-0.39, 0.29) is 11.8 Å². The van der Waals surface area contributed by atoms with Gasteiger partial charge in [-0.25, -0.2) is 0 Å². The predicted molar refractivity (Wildman–Crippen MR) is 76.7 cm³/mol. The summed E-state index contributed by atoms with van der Waals surface area (Å²) < 4.78 is 5.41. The van der Waals surface area contributed by atoms with E-state index in [2.05, 4.69) is 32.9 Å². The van der Waals surface area contributed by atoms with Crippen LogP contribution in [0.5, 0.6) is 5.75 Å². The van der Waals surface area contributed by atoms with Crippen LogP contribution in [-0.4, -0.2) is 12.1 Å². The van der Waals surface area contributed by atoms with Crippen molar-refractivity contribution >= 4 is 17.2 Å². The van der Waals surface area contributed by atoms with Gasteiger partial charge in [0.2, 0.25) is 0 Å². The summed E-state index contributed by atoms with van der Waals surface area (Å²) in [7, 11) is 1.70. The molecular weight excluding hydrogens is 230 g/mol. The van der Waals surface area contributed by atoms with E-state index in [1.54, 1.807) is 7.11 Å². The molecule has 0 spiro atoms. The summed E-state index contributed by atoms with van der Waals surface area (Å²) in [6.07, 6.45) is 1.02. The average molecular weight is 251 g/mol. The van der Waals surface area contributed by atoms with Gasteiger partial charge in [-0.1, -0.05) is 45.1 Å². The van der Waals surface area contributed by atoms with Crippen molar-refractivity contribution in [1.29, 1.82) is 0 Å². The topological polar surface area (TPSA) is 35.2 Å². The molecule has 2 atom stereocenters. The van der Waals surface area contributed by atoms with Crippen molar-refractivity contribution in [1.82, 2.24) is 0 Å². The molecule has 0 fully saturated rings. The fourth-order valence-corrected chi connectivity index (χ4v) is 2.08. The van der Waals surface area contributed by atoms with E-state index >= 15 is 0 Å². The van der Waals surface area contributed by atoms with Gasteiger partial charge in [0.05, 0.1) is 12.1 Å². The fraction of sp³-hybridized carbons (Fsp3) is 0.500. The van der Waals surface area contributed by atoms with Crippen LogP contribution in [0.1, 0.15) is 37.8 Å². The van der Waals surface area contributed by atoms with Crippen LogP contribution < -0.4 is 10.5 Å². The zero-order chi connectivity index (χ0) is 13.0. The van der Waals surface area contributed by atoms with Gasteiger partial charge in [-0.15, -0.1) is 0 Å². The lowest BCUT2D eigenvalue weighted by molar-refractivity contribution is 0.403. The molecule has 2 unspecified atom stereocenters. The number of nitrogens with two attached hydrogens (primary N) is 1. The molecule has 1 aromatic carbocycles. The lowest BCUT2D eigenvalue weighted by Gasteiger charge is -2.22. The van der Waals surface area contributed by atoms with Crippen LogP contribution in [0, 0.1) is 5.92 Å². The molecular formula is C14H21NOS. The molecule has 94 valence electrons. The molecule has 2 nitrogen and oxygen atoms in total. The first-order valence-electron chi connectivity index (χ1n) is 5.97. The summed E-state index contributed by atoms with van der Waals surface area (Å²) in [6, 6.07) is 6.32. The highest BCUT2D eigenvalue weighted by molar-refractivity contribution is 7.80. The Morgan fingerprint density at radius 3 is 2.53 bits per heavy atom. The van der Waals surface area contributed by atoms with Crippen molar-refractivity contribution in [3.05, 3.63) is 29.3 Å². The Labute approximate surface area is 109 Å². The summed E-state index contributed by atoms with van der Waals surface area (Å²) >= 11 is 5.07. The van der Waals surface area contributed by atoms with E-state index in [9.17, 15) is 0 Å². The highest BCUT2D eigenvalue weighted by Crippen LogP contribution is 2.32. The Balaban J connectivity index is 3.13. The third-order valence-corrected chi connectivity index (χ3v) is 3.76. The molecule has 1 rings (SSSR count). The number of aryl methyl sites for hydroxylation is 1. The van der Waals surface area contributed by atoms with Crippen molar-refractivity contribution in [3.63, 3.8) is 0 Å². The van der Waals surface area contributed by atoms with Crippen LogP contribution in [0.3, 0.4) is 0 Å². The molecule has 0 heterocycles. The Bertz CT molecular complexity index is 403. The molecule has 0 aliphatic heterocycles. The largest absolute Gasteiger partial charge is 0.496 e. The molecule has 1 aromatic rings. The van der Waals surface area contributed by atoms with E-state index in [0.717, 1.165) is 12.2 Å². The summed E-state index contributed by atoms with van der Waals surface area (Å²) in [4.78, 5) is 0.557. The zero-order valence-corrected chi connectivity index (χ0v) is 11.8. The summed E-state index contributed by atoms with van der Waals surface area (Å²) in [6.45, 7) is 6.35. The number of benzene rings is 1. The molecule has 3 heteroatoms. The Morgan fingerprint density at radius 2 is 2.06 bits per heavy atom. The highest BCUT2D eigenvalue weighted by atomic mass is 32.1. The molecule has 0 aromatic heterocycles. The predicted octanol–water partition coefficient (Wildman–Crippen LogP) is 3.28. The van der Waals surface area contributed by atoms with Crippen molar-refractivity contribution < 1.29 is 4.74 Å². The molecule has 0 amide bonds. The molecule has 17 heavy (non-hydrogen) atoms. The van der Waals surface area contributed by atoms with Gasteiger partial charge in [0, 0.05) is 5.92 Å². The van der Waals surface area contributed by atoms with E-state index < -0.39 is 0 Å². The van der Waals surface area contributed by atoms with Crippen molar-refractivity contribution in [2.45, 2.75) is 33.1 Å². The number of rotatable bonds is 5. The van der Waals surface area contributed by atoms with E-state index in [1.165, 1.54) is 11.1 Å². The Kier molecular flexibility index (Phi) is 4.94. The number of methoxy groups -OCH3 is 1. The van der Waals surface area contributed by atoms with Crippen molar-refractivity contribution in [3.8, 4) is 5.75 Å². The number of hydrogen-bond donors (Lipinski definition) is 1. The summed E-state index contributed by atoms with van der Waals surface area (Å²) in [5.74, 6) is 1.36. The van der Waals surface area contributed by atoms with E-state index in [0.29, 0.717) is 4.99 Å². The molecule has 0 bridgehead atoms. The summed E-state index contributed by atoms with van der Waals surface area (Å²) in [5.41, 5.74) is 8.22. The zero-order valence-electron chi connectivity index (χ0n) is 11.0. The van der Waals surface area contributed by atoms with Crippen molar-refractivity contribution in [2.24, 2.45) is 11.7 Å². The normalized spacial score (nSPS) is 14.1. The monoisotopic (exact) mass is 251 g/mol.